The number of hydrogen-bond acceptors (Lipinski definition) is 1. The summed E-state index contributed by atoms with van der Waals surface area (Å²) in [5.41, 5.74) is -0.688. The number of carboxylic acid groups (broad SMARTS) is 1. The van der Waals surface area contributed by atoms with E-state index in [1.807, 2.05) is 6.92 Å². The molecule has 0 spiro atoms. The van der Waals surface area contributed by atoms with E-state index in [-0.39, 0.29) is 5.41 Å². The molecule has 2 nitrogen and oxygen atoms in total. The van der Waals surface area contributed by atoms with Crippen LogP contribution in [-0.4, -0.2) is 11.1 Å². The summed E-state index contributed by atoms with van der Waals surface area (Å²) in [5.74, 6) is -0.220. The molecule has 1 saturated carbocycles. The highest BCUT2D eigenvalue weighted by Gasteiger charge is 2.62. The van der Waals surface area contributed by atoms with Gasteiger partial charge in [-0.15, -0.1) is 0 Å². The minimum Gasteiger partial charge on any atom is -0.481 e. The van der Waals surface area contributed by atoms with Crippen molar-refractivity contribution < 1.29 is 9.90 Å². The summed E-state index contributed by atoms with van der Waals surface area (Å²) in [7, 11) is 0. The highest BCUT2D eigenvalue weighted by molar-refractivity contribution is 9.11. The molecule has 0 aromatic rings. The fourth-order valence-corrected chi connectivity index (χ4v) is 3.88. The fraction of sp³-hybridized carbons (Fsp3) is 0.700. The van der Waals surface area contributed by atoms with Crippen molar-refractivity contribution in [3.63, 3.8) is 0 Å². The van der Waals surface area contributed by atoms with Gasteiger partial charge in [0.25, 0.3) is 0 Å². The summed E-state index contributed by atoms with van der Waals surface area (Å²) in [6, 6.07) is 0. The van der Waals surface area contributed by atoms with Gasteiger partial charge in [0.1, 0.15) is 0 Å². The molecule has 1 fully saturated rings. The Balaban J connectivity index is 2.42. The van der Waals surface area contributed by atoms with E-state index < -0.39 is 11.4 Å². The molecule has 0 aromatic carbocycles. The zero-order valence-electron chi connectivity index (χ0n) is 7.80. The van der Waals surface area contributed by atoms with Crippen molar-refractivity contribution in [2.45, 2.75) is 26.7 Å². The summed E-state index contributed by atoms with van der Waals surface area (Å²) in [4.78, 5) is 11.2. The lowest BCUT2D eigenvalue weighted by atomic mass is 9.59. The van der Waals surface area contributed by atoms with Crippen LogP contribution < -0.4 is 0 Å². The molecule has 0 amide bonds. The third-order valence-corrected chi connectivity index (χ3v) is 4.87. The molecule has 2 aliphatic rings. The molecule has 0 heterocycles. The van der Waals surface area contributed by atoms with Gasteiger partial charge in [0.2, 0.25) is 0 Å². The van der Waals surface area contributed by atoms with Crippen LogP contribution in [0.2, 0.25) is 0 Å². The van der Waals surface area contributed by atoms with E-state index >= 15 is 0 Å². The Morgan fingerprint density at radius 1 is 1.69 bits per heavy atom. The molecule has 2 aliphatic carbocycles. The molecule has 72 valence electrons. The van der Waals surface area contributed by atoms with Crippen LogP contribution in [0.3, 0.4) is 0 Å². The Morgan fingerprint density at radius 3 is 2.69 bits per heavy atom. The second-order valence-electron chi connectivity index (χ2n) is 4.54. The molecule has 3 atom stereocenters. The number of allylic oxidation sites excluding steroid dienone is 2. The maximum Gasteiger partial charge on any atom is 0.310 e. The molecule has 0 aliphatic heterocycles. The van der Waals surface area contributed by atoms with Crippen LogP contribution in [0.4, 0.5) is 0 Å². The topological polar surface area (TPSA) is 37.3 Å². The first-order valence-electron chi connectivity index (χ1n) is 4.53. The molecule has 0 radical (unpaired) electrons. The lowest BCUT2D eigenvalue weighted by Crippen LogP contribution is -2.45. The zero-order valence-corrected chi connectivity index (χ0v) is 9.39. The second-order valence-corrected chi connectivity index (χ2v) is 5.46. The molecule has 0 saturated heterocycles. The number of rotatable bonds is 1. The molecule has 0 unspecified atom stereocenters. The number of fused-ring (bicyclic) bond motifs is 1. The van der Waals surface area contributed by atoms with Gasteiger partial charge in [-0.05, 0) is 24.2 Å². The van der Waals surface area contributed by atoms with Crippen molar-refractivity contribution in [2.75, 3.05) is 0 Å². The van der Waals surface area contributed by atoms with Crippen molar-refractivity contribution in [1.82, 2.24) is 0 Å². The molecule has 3 heteroatoms. The summed E-state index contributed by atoms with van der Waals surface area (Å²) < 4.78 is 1.19. The Bertz CT molecular complexity index is 310. The molecule has 1 N–H and O–H groups in total. The third kappa shape index (κ3) is 0.862. The summed E-state index contributed by atoms with van der Waals surface area (Å²) in [6.07, 6.45) is 3.85. The standard InChI is InChI=1S/C10H13BrO2/c1-9(8(12)13)4-3-6-7(11)5-10(6,9)2/h5-6H,3-4H2,1-2H3,(H,12,13)/t6-,9+,10+/m0/s1. The molecule has 0 bridgehead atoms. The first kappa shape index (κ1) is 9.25. The summed E-state index contributed by atoms with van der Waals surface area (Å²) >= 11 is 3.47. The van der Waals surface area contributed by atoms with Crippen molar-refractivity contribution in [3.8, 4) is 0 Å². The van der Waals surface area contributed by atoms with Gasteiger partial charge in [-0.1, -0.05) is 28.9 Å². The number of halogens is 1. The van der Waals surface area contributed by atoms with E-state index in [4.69, 9.17) is 0 Å². The maximum atomic E-state index is 11.2. The average Bonchev–Trinajstić information content (AvgIpc) is 2.22. The minimum atomic E-state index is -0.659. The molecular weight excluding hydrogens is 232 g/mol. The maximum absolute atomic E-state index is 11.2. The smallest absolute Gasteiger partial charge is 0.310 e. The van der Waals surface area contributed by atoms with Crippen LogP contribution in [0.25, 0.3) is 0 Å². The first-order valence-corrected chi connectivity index (χ1v) is 5.33. The molecule has 2 rings (SSSR count). The van der Waals surface area contributed by atoms with E-state index in [0.29, 0.717) is 5.92 Å². The van der Waals surface area contributed by atoms with Gasteiger partial charge in [-0.2, -0.15) is 0 Å². The minimum absolute atomic E-state index is 0.127. The normalized spacial score (nSPS) is 47.9. The van der Waals surface area contributed by atoms with Gasteiger partial charge in [0.15, 0.2) is 0 Å². The fourth-order valence-electron chi connectivity index (χ4n) is 2.70. The monoisotopic (exact) mass is 244 g/mol. The van der Waals surface area contributed by atoms with E-state index in [2.05, 4.69) is 28.9 Å². The van der Waals surface area contributed by atoms with E-state index in [0.717, 1.165) is 12.8 Å². The van der Waals surface area contributed by atoms with Crippen molar-refractivity contribution in [3.05, 3.63) is 10.6 Å². The Hall–Kier alpha value is -0.310. The van der Waals surface area contributed by atoms with Gasteiger partial charge < -0.3 is 5.11 Å². The van der Waals surface area contributed by atoms with Gasteiger partial charge in [0, 0.05) is 11.3 Å². The number of carbonyl (C=O) groups is 1. The zero-order chi connectivity index (χ0) is 9.85. The van der Waals surface area contributed by atoms with E-state index in [1.165, 1.54) is 4.48 Å². The predicted octanol–water partition coefficient (Wildman–Crippen LogP) is 2.79. The SMILES string of the molecule is C[C@]1(C(=O)O)CC[C@H]2C(Br)=C[C@]21C. The van der Waals surface area contributed by atoms with Gasteiger partial charge in [0.05, 0.1) is 5.41 Å². The van der Waals surface area contributed by atoms with E-state index in [1.54, 1.807) is 0 Å². The van der Waals surface area contributed by atoms with Crippen LogP contribution in [0, 0.1) is 16.7 Å². The van der Waals surface area contributed by atoms with Gasteiger partial charge >= 0.3 is 5.97 Å². The van der Waals surface area contributed by atoms with Crippen LogP contribution in [-0.2, 0) is 4.79 Å². The third-order valence-electron chi connectivity index (χ3n) is 4.09. The van der Waals surface area contributed by atoms with Gasteiger partial charge in [-0.25, -0.2) is 0 Å². The molecular formula is C10H13BrO2. The largest absolute Gasteiger partial charge is 0.481 e. The van der Waals surface area contributed by atoms with E-state index in [9.17, 15) is 9.90 Å². The Morgan fingerprint density at radius 2 is 2.31 bits per heavy atom. The van der Waals surface area contributed by atoms with Crippen LogP contribution in [0.5, 0.6) is 0 Å². The highest BCUT2D eigenvalue weighted by Crippen LogP contribution is 2.66. The number of hydrogen-bond donors (Lipinski definition) is 1. The lowest BCUT2D eigenvalue weighted by molar-refractivity contribution is -0.153. The summed E-state index contributed by atoms with van der Waals surface area (Å²) in [5, 5.41) is 9.20. The van der Waals surface area contributed by atoms with Crippen LogP contribution in [0.15, 0.2) is 10.6 Å². The average molecular weight is 245 g/mol. The summed E-state index contributed by atoms with van der Waals surface area (Å²) in [6.45, 7) is 3.93. The molecule has 13 heavy (non-hydrogen) atoms. The highest BCUT2D eigenvalue weighted by atomic mass is 79.9. The Kier molecular flexibility index (Phi) is 1.69. The predicted molar refractivity (Wildman–Crippen MR) is 53.6 cm³/mol. The van der Waals surface area contributed by atoms with Crippen molar-refractivity contribution >= 4 is 21.9 Å². The van der Waals surface area contributed by atoms with Crippen molar-refractivity contribution in [1.29, 1.82) is 0 Å². The van der Waals surface area contributed by atoms with Gasteiger partial charge in [-0.3, -0.25) is 4.79 Å². The van der Waals surface area contributed by atoms with Crippen molar-refractivity contribution in [2.24, 2.45) is 16.7 Å². The number of aliphatic carboxylic acids is 1. The lowest BCUT2D eigenvalue weighted by Gasteiger charge is -2.46. The molecule has 0 aromatic heterocycles. The second kappa shape index (κ2) is 2.38. The number of carboxylic acids is 1. The van der Waals surface area contributed by atoms with Crippen LogP contribution in [0.1, 0.15) is 26.7 Å². The first-order chi connectivity index (χ1) is 5.92. The quantitative estimate of drug-likeness (QED) is 0.771. The Labute approximate surface area is 86.1 Å². The van der Waals surface area contributed by atoms with Crippen LogP contribution >= 0.6 is 15.9 Å².